The van der Waals surface area contributed by atoms with Crippen molar-refractivity contribution >= 4 is 11.4 Å². The number of nitrogens with zero attached hydrogens (tertiary/aromatic N) is 1. The van der Waals surface area contributed by atoms with Gasteiger partial charge in [0.05, 0.1) is 0 Å². The van der Waals surface area contributed by atoms with E-state index in [4.69, 9.17) is 5.73 Å². The van der Waals surface area contributed by atoms with Crippen molar-refractivity contribution in [3.05, 3.63) is 59.7 Å². The van der Waals surface area contributed by atoms with Crippen molar-refractivity contribution < 1.29 is 13.9 Å². The summed E-state index contributed by atoms with van der Waals surface area (Å²) < 4.78 is 27.8. The SMILES string of the molecule is CN(c1ccc(CNC(O)CCCCCCN)cc1)c1c(F)cccc1F. The minimum Gasteiger partial charge on any atom is -0.379 e. The molecule has 0 bridgehead atoms. The zero-order valence-electron chi connectivity index (χ0n) is 15.8. The van der Waals surface area contributed by atoms with E-state index >= 15 is 0 Å². The van der Waals surface area contributed by atoms with Gasteiger partial charge in [-0.3, -0.25) is 5.32 Å². The van der Waals surface area contributed by atoms with Crippen LogP contribution in [0.25, 0.3) is 0 Å². The van der Waals surface area contributed by atoms with Gasteiger partial charge in [0.2, 0.25) is 0 Å². The fourth-order valence-electron chi connectivity index (χ4n) is 2.95. The Bertz CT molecular complexity index is 674. The van der Waals surface area contributed by atoms with Crippen LogP contribution in [0.15, 0.2) is 42.5 Å². The number of unbranched alkanes of at least 4 members (excludes halogenated alkanes) is 3. The molecule has 2 aromatic carbocycles. The van der Waals surface area contributed by atoms with Gasteiger partial charge < -0.3 is 15.7 Å². The molecule has 4 N–H and O–H groups in total. The van der Waals surface area contributed by atoms with E-state index in [0.717, 1.165) is 37.8 Å². The Labute approximate surface area is 160 Å². The van der Waals surface area contributed by atoms with Crippen molar-refractivity contribution in [2.24, 2.45) is 5.73 Å². The first-order chi connectivity index (χ1) is 13.0. The van der Waals surface area contributed by atoms with Gasteiger partial charge in [-0.1, -0.05) is 31.0 Å². The number of aliphatic hydroxyl groups excluding tert-OH is 1. The number of aliphatic hydroxyl groups is 1. The number of benzene rings is 2. The summed E-state index contributed by atoms with van der Waals surface area (Å²) in [5.41, 5.74) is 7.05. The van der Waals surface area contributed by atoms with Gasteiger partial charge in [0.1, 0.15) is 23.5 Å². The lowest BCUT2D eigenvalue weighted by Gasteiger charge is -2.21. The molecule has 6 heteroatoms. The molecule has 0 saturated heterocycles. The lowest BCUT2D eigenvalue weighted by molar-refractivity contribution is 0.122. The first kappa shape index (κ1) is 21.3. The molecule has 0 fully saturated rings. The molecule has 0 aromatic heterocycles. The maximum absolute atomic E-state index is 13.9. The second kappa shape index (κ2) is 11.0. The van der Waals surface area contributed by atoms with Crippen LogP contribution in [0.3, 0.4) is 0 Å². The van der Waals surface area contributed by atoms with Crippen LogP contribution in [0.5, 0.6) is 0 Å². The van der Waals surface area contributed by atoms with Crippen molar-refractivity contribution in [3.8, 4) is 0 Å². The predicted molar refractivity (Wildman–Crippen MR) is 106 cm³/mol. The Morgan fingerprint density at radius 2 is 1.63 bits per heavy atom. The van der Waals surface area contributed by atoms with E-state index in [1.807, 2.05) is 24.3 Å². The largest absolute Gasteiger partial charge is 0.379 e. The first-order valence-electron chi connectivity index (χ1n) is 9.41. The predicted octanol–water partition coefficient (Wildman–Crippen LogP) is 4.05. The van der Waals surface area contributed by atoms with E-state index in [2.05, 4.69) is 5.32 Å². The van der Waals surface area contributed by atoms with Crippen molar-refractivity contribution in [3.63, 3.8) is 0 Å². The molecule has 27 heavy (non-hydrogen) atoms. The quantitative estimate of drug-likeness (QED) is 0.408. The van der Waals surface area contributed by atoms with Crippen LogP contribution in [-0.2, 0) is 6.54 Å². The van der Waals surface area contributed by atoms with Gasteiger partial charge in [-0.05, 0) is 55.6 Å². The Hall–Kier alpha value is -2.02. The lowest BCUT2D eigenvalue weighted by atomic mass is 10.1. The number of hydrogen-bond donors (Lipinski definition) is 3. The van der Waals surface area contributed by atoms with Crippen LogP contribution < -0.4 is 16.0 Å². The summed E-state index contributed by atoms with van der Waals surface area (Å²) in [4.78, 5) is 1.48. The summed E-state index contributed by atoms with van der Waals surface area (Å²) in [5, 5.41) is 13.1. The van der Waals surface area contributed by atoms with E-state index in [1.165, 1.54) is 23.1 Å². The van der Waals surface area contributed by atoms with E-state index in [-0.39, 0.29) is 5.69 Å². The molecule has 0 radical (unpaired) electrons. The number of nitrogens with two attached hydrogens (primary N) is 1. The number of anilines is 2. The van der Waals surface area contributed by atoms with Gasteiger partial charge in [-0.15, -0.1) is 0 Å². The van der Waals surface area contributed by atoms with Crippen molar-refractivity contribution in [1.82, 2.24) is 5.32 Å². The van der Waals surface area contributed by atoms with E-state index < -0.39 is 17.9 Å². The highest BCUT2D eigenvalue weighted by atomic mass is 19.1. The molecule has 0 heterocycles. The van der Waals surface area contributed by atoms with Crippen LogP contribution >= 0.6 is 0 Å². The number of para-hydroxylation sites is 1. The minimum absolute atomic E-state index is 0.0755. The van der Waals surface area contributed by atoms with Gasteiger partial charge in [0.15, 0.2) is 0 Å². The van der Waals surface area contributed by atoms with Crippen LogP contribution in [0.2, 0.25) is 0 Å². The molecule has 0 spiro atoms. The van der Waals surface area contributed by atoms with Gasteiger partial charge >= 0.3 is 0 Å². The van der Waals surface area contributed by atoms with Crippen molar-refractivity contribution in [2.45, 2.75) is 44.9 Å². The van der Waals surface area contributed by atoms with Crippen LogP contribution in [0, 0.1) is 11.6 Å². The molecule has 148 valence electrons. The fraction of sp³-hybridized carbons (Fsp3) is 0.429. The standard InChI is InChI=1S/C21H29F2N3O/c1-26(21-18(22)7-6-8-19(21)23)17-12-10-16(11-13-17)15-25-20(27)9-4-2-3-5-14-24/h6-8,10-13,20,25,27H,2-5,9,14-15,24H2,1H3. The Kier molecular flexibility index (Phi) is 8.64. The summed E-state index contributed by atoms with van der Waals surface area (Å²) in [7, 11) is 1.63. The third-order valence-electron chi connectivity index (χ3n) is 4.57. The first-order valence-corrected chi connectivity index (χ1v) is 9.41. The monoisotopic (exact) mass is 377 g/mol. The molecule has 0 saturated carbocycles. The summed E-state index contributed by atoms with van der Waals surface area (Å²) >= 11 is 0. The van der Waals surface area contributed by atoms with Gasteiger partial charge in [-0.25, -0.2) is 8.78 Å². The van der Waals surface area contributed by atoms with Crippen molar-refractivity contribution in [2.75, 3.05) is 18.5 Å². The zero-order chi connectivity index (χ0) is 19.6. The van der Waals surface area contributed by atoms with Crippen molar-refractivity contribution in [1.29, 1.82) is 0 Å². The molecule has 4 nitrogen and oxygen atoms in total. The molecular formula is C21H29F2N3O. The molecule has 0 aliphatic heterocycles. The van der Waals surface area contributed by atoms with Gasteiger partial charge in [-0.2, -0.15) is 0 Å². The summed E-state index contributed by atoms with van der Waals surface area (Å²) in [6, 6.07) is 11.2. The molecule has 0 aliphatic carbocycles. The Morgan fingerprint density at radius 3 is 2.26 bits per heavy atom. The third-order valence-corrected chi connectivity index (χ3v) is 4.57. The topological polar surface area (TPSA) is 61.5 Å². The Balaban J connectivity index is 1.84. The lowest BCUT2D eigenvalue weighted by Crippen LogP contribution is -2.28. The smallest absolute Gasteiger partial charge is 0.149 e. The molecule has 1 atom stereocenters. The second-order valence-electron chi connectivity index (χ2n) is 6.68. The van der Waals surface area contributed by atoms with E-state index in [0.29, 0.717) is 18.7 Å². The molecule has 1 unspecified atom stereocenters. The highest BCUT2D eigenvalue weighted by Gasteiger charge is 2.14. The fourth-order valence-corrected chi connectivity index (χ4v) is 2.95. The van der Waals surface area contributed by atoms with Crippen LogP contribution in [0.4, 0.5) is 20.2 Å². The van der Waals surface area contributed by atoms with Crippen LogP contribution in [-0.4, -0.2) is 24.9 Å². The highest BCUT2D eigenvalue weighted by molar-refractivity contribution is 5.63. The van der Waals surface area contributed by atoms with E-state index in [9.17, 15) is 13.9 Å². The number of nitrogens with one attached hydrogen (secondary N) is 1. The third kappa shape index (κ3) is 6.57. The van der Waals surface area contributed by atoms with E-state index in [1.54, 1.807) is 7.05 Å². The summed E-state index contributed by atoms with van der Waals surface area (Å²) in [5.74, 6) is -1.20. The number of rotatable bonds is 11. The summed E-state index contributed by atoms with van der Waals surface area (Å²) in [6.07, 6.45) is 4.33. The second-order valence-corrected chi connectivity index (χ2v) is 6.68. The average molecular weight is 377 g/mol. The summed E-state index contributed by atoms with van der Waals surface area (Å²) in [6.45, 7) is 1.25. The average Bonchev–Trinajstić information content (AvgIpc) is 2.66. The zero-order valence-corrected chi connectivity index (χ0v) is 15.8. The Morgan fingerprint density at radius 1 is 1.00 bits per heavy atom. The highest BCUT2D eigenvalue weighted by Crippen LogP contribution is 2.28. The normalized spacial score (nSPS) is 12.2. The molecule has 0 aliphatic rings. The maximum Gasteiger partial charge on any atom is 0.149 e. The number of hydrogen-bond acceptors (Lipinski definition) is 4. The minimum atomic E-state index is -0.599. The molecule has 2 rings (SSSR count). The molecule has 2 aromatic rings. The van der Waals surface area contributed by atoms with Gasteiger partial charge in [0, 0.05) is 19.3 Å². The van der Waals surface area contributed by atoms with Gasteiger partial charge in [0.25, 0.3) is 0 Å². The van der Waals surface area contributed by atoms with Crippen LogP contribution in [0.1, 0.15) is 37.7 Å². The molecule has 0 amide bonds. The molecular weight excluding hydrogens is 348 g/mol. The maximum atomic E-state index is 13.9. The number of halogens is 2.